The second-order valence-corrected chi connectivity index (χ2v) is 4.33. The van der Waals surface area contributed by atoms with E-state index in [1.54, 1.807) is 4.90 Å². The van der Waals surface area contributed by atoms with Crippen molar-refractivity contribution in [1.29, 1.82) is 0 Å². The molecule has 6 nitrogen and oxygen atoms in total. The Bertz CT molecular complexity index is 290. The number of nitrogens with zero attached hydrogens (tertiary/aromatic N) is 1. The molecule has 0 aromatic heterocycles. The van der Waals surface area contributed by atoms with Gasteiger partial charge in [-0.3, -0.25) is 19.3 Å². The minimum Gasteiger partial charge on any atom is -0.481 e. The molecule has 0 spiro atoms. The SMILES string of the molecule is CC(=O)CN(CCCCCC(=O)O)CCC(=O)O. The minimum atomic E-state index is -0.880. The molecule has 0 amide bonds. The third-order valence-electron chi connectivity index (χ3n) is 2.45. The lowest BCUT2D eigenvalue weighted by Gasteiger charge is -2.19. The van der Waals surface area contributed by atoms with Crippen molar-refractivity contribution < 1.29 is 24.6 Å². The average molecular weight is 259 g/mol. The summed E-state index contributed by atoms with van der Waals surface area (Å²) in [7, 11) is 0. The van der Waals surface area contributed by atoms with E-state index in [9.17, 15) is 14.4 Å². The van der Waals surface area contributed by atoms with Crippen LogP contribution in [0.15, 0.2) is 0 Å². The fourth-order valence-corrected chi connectivity index (χ4v) is 1.63. The lowest BCUT2D eigenvalue weighted by Crippen LogP contribution is -2.31. The molecule has 0 aliphatic carbocycles. The van der Waals surface area contributed by atoms with Crippen LogP contribution < -0.4 is 0 Å². The first-order valence-electron chi connectivity index (χ1n) is 6.07. The molecule has 0 aliphatic heterocycles. The van der Waals surface area contributed by atoms with Crippen molar-refractivity contribution in [3.63, 3.8) is 0 Å². The first kappa shape index (κ1) is 16.6. The summed E-state index contributed by atoms with van der Waals surface area (Å²) in [5.74, 6) is -1.68. The summed E-state index contributed by atoms with van der Waals surface area (Å²) in [5, 5.41) is 17.1. The smallest absolute Gasteiger partial charge is 0.304 e. The summed E-state index contributed by atoms with van der Waals surface area (Å²) >= 11 is 0. The van der Waals surface area contributed by atoms with E-state index >= 15 is 0 Å². The zero-order valence-corrected chi connectivity index (χ0v) is 10.7. The highest BCUT2D eigenvalue weighted by atomic mass is 16.4. The Morgan fingerprint density at radius 3 is 2.00 bits per heavy atom. The van der Waals surface area contributed by atoms with Gasteiger partial charge in [0.15, 0.2) is 0 Å². The maximum absolute atomic E-state index is 11.0. The minimum absolute atomic E-state index is 0.00549. The molecule has 0 aromatic carbocycles. The summed E-state index contributed by atoms with van der Waals surface area (Å²) in [4.78, 5) is 33.6. The van der Waals surface area contributed by atoms with Gasteiger partial charge in [0.25, 0.3) is 0 Å². The highest BCUT2D eigenvalue weighted by Crippen LogP contribution is 2.03. The van der Waals surface area contributed by atoms with Crippen LogP contribution >= 0.6 is 0 Å². The Kier molecular flexibility index (Phi) is 8.82. The van der Waals surface area contributed by atoms with E-state index < -0.39 is 11.9 Å². The molecule has 0 aliphatic rings. The van der Waals surface area contributed by atoms with Crippen molar-refractivity contribution in [3.05, 3.63) is 0 Å². The van der Waals surface area contributed by atoms with Gasteiger partial charge in [-0.1, -0.05) is 6.42 Å². The number of hydrogen-bond acceptors (Lipinski definition) is 4. The van der Waals surface area contributed by atoms with Gasteiger partial charge in [0.05, 0.1) is 13.0 Å². The molecule has 0 bridgehead atoms. The third-order valence-corrected chi connectivity index (χ3v) is 2.45. The normalized spacial score (nSPS) is 10.6. The molecule has 0 heterocycles. The second-order valence-electron chi connectivity index (χ2n) is 4.33. The topological polar surface area (TPSA) is 94.9 Å². The van der Waals surface area contributed by atoms with E-state index in [4.69, 9.17) is 10.2 Å². The zero-order chi connectivity index (χ0) is 14.0. The van der Waals surface area contributed by atoms with Gasteiger partial charge in [0, 0.05) is 13.0 Å². The van der Waals surface area contributed by atoms with Crippen LogP contribution in [-0.4, -0.2) is 52.5 Å². The number of carbonyl (C=O) groups excluding carboxylic acids is 1. The van der Waals surface area contributed by atoms with E-state index in [0.717, 1.165) is 12.8 Å². The molecule has 6 heteroatoms. The molecule has 0 rings (SSSR count). The molecule has 104 valence electrons. The number of Topliss-reactive ketones (excluding diaryl/α,β-unsaturated/α-hetero) is 1. The first-order chi connectivity index (χ1) is 8.41. The van der Waals surface area contributed by atoms with E-state index in [1.807, 2.05) is 0 Å². The number of rotatable bonds is 11. The largest absolute Gasteiger partial charge is 0.481 e. The van der Waals surface area contributed by atoms with Crippen molar-refractivity contribution in [2.45, 2.75) is 39.0 Å². The van der Waals surface area contributed by atoms with Crippen LogP contribution in [-0.2, 0) is 14.4 Å². The number of aliphatic carboxylic acids is 2. The predicted octanol–water partition coefficient (Wildman–Crippen LogP) is 0.997. The number of carboxylic acids is 2. The van der Waals surface area contributed by atoms with Gasteiger partial charge in [-0.2, -0.15) is 0 Å². The Hall–Kier alpha value is -1.43. The van der Waals surface area contributed by atoms with Crippen LogP contribution in [0.1, 0.15) is 39.0 Å². The highest BCUT2D eigenvalue weighted by molar-refractivity contribution is 5.77. The summed E-state index contributed by atoms with van der Waals surface area (Å²) in [6.07, 6.45) is 2.33. The van der Waals surface area contributed by atoms with Gasteiger partial charge in [0.1, 0.15) is 5.78 Å². The molecular weight excluding hydrogens is 238 g/mol. The molecule has 0 saturated carbocycles. The Balaban J connectivity index is 3.81. The monoisotopic (exact) mass is 259 g/mol. The van der Waals surface area contributed by atoms with Crippen molar-refractivity contribution in [2.75, 3.05) is 19.6 Å². The van der Waals surface area contributed by atoms with Gasteiger partial charge in [-0.05, 0) is 26.3 Å². The standard InChI is InChI=1S/C12H21NO5/c1-10(14)9-13(8-6-12(17)18)7-4-2-3-5-11(15)16/h2-9H2,1H3,(H,15,16)(H,17,18). The van der Waals surface area contributed by atoms with Gasteiger partial charge in [-0.15, -0.1) is 0 Å². The van der Waals surface area contributed by atoms with Crippen molar-refractivity contribution in [3.8, 4) is 0 Å². The quantitative estimate of drug-likeness (QED) is 0.537. The van der Waals surface area contributed by atoms with Crippen molar-refractivity contribution in [2.24, 2.45) is 0 Å². The summed E-state index contributed by atoms with van der Waals surface area (Å²) < 4.78 is 0. The van der Waals surface area contributed by atoms with E-state index in [1.165, 1.54) is 6.92 Å². The molecule has 0 radical (unpaired) electrons. The molecule has 2 N–H and O–H groups in total. The fraction of sp³-hybridized carbons (Fsp3) is 0.750. The Labute approximate surface area is 107 Å². The van der Waals surface area contributed by atoms with Crippen LogP contribution in [0.25, 0.3) is 0 Å². The zero-order valence-electron chi connectivity index (χ0n) is 10.7. The first-order valence-corrected chi connectivity index (χ1v) is 6.07. The number of carboxylic acid groups (broad SMARTS) is 2. The van der Waals surface area contributed by atoms with Crippen LogP contribution in [0, 0.1) is 0 Å². The average Bonchev–Trinajstić information content (AvgIpc) is 2.23. The lowest BCUT2D eigenvalue weighted by molar-refractivity contribution is -0.138. The number of ketones is 1. The van der Waals surface area contributed by atoms with E-state index in [0.29, 0.717) is 19.5 Å². The Morgan fingerprint density at radius 1 is 0.889 bits per heavy atom. The highest BCUT2D eigenvalue weighted by Gasteiger charge is 2.09. The lowest BCUT2D eigenvalue weighted by atomic mass is 10.2. The number of carbonyl (C=O) groups is 3. The predicted molar refractivity (Wildman–Crippen MR) is 65.5 cm³/mol. The number of unbranched alkanes of at least 4 members (excludes halogenated alkanes) is 2. The van der Waals surface area contributed by atoms with Crippen LogP contribution in [0.5, 0.6) is 0 Å². The molecule has 0 unspecified atom stereocenters. The van der Waals surface area contributed by atoms with Crippen molar-refractivity contribution in [1.82, 2.24) is 4.90 Å². The summed E-state index contributed by atoms with van der Waals surface area (Å²) in [5.41, 5.74) is 0. The maximum atomic E-state index is 11.0. The second kappa shape index (κ2) is 9.58. The van der Waals surface area contributed by atoms with Crippen LogP contribution in [0.3, 0.4) is 0 Å². The fourth-order valence-electron chi connectivity index (χ4n) is 1.63. The van der Waals surface area contributed by atoms with Crippen molar-refractivity contribution >= 4 is 17.7 Å². The van der Waals surface area contributed by atoms with Gasteiger partial charge in [-0.25, -0.2) is 0 Å². The maximum Gasteiger partial charge on any atom is 0.304 e. The van der Waals surface area contributed by atoms with Gasteiger partial charge < -0.3 is 10.2 Å². The molecule has 0 saturated heterocycles. The molecule has 0 fully saturated rings. The van der Waals surface area contributed by atoms with Gasteiger partial charge in [0.2, 0.25) is 0 Å². The van der Waals surface area contributed by atoms with E-state index in [2.05, 4.69) is 0 Å². The van der Waals surface area contributed by atoms with Gasteiger partial charge >= 0.3 is 11.9 Å². The van der Waals surface area contributed by atoms with Crippen LogP contribution in [0.4, 0.5) is 0 Å². The van der Waals surface area contributed by atoms with E-state index in [-0.39, 0.29) is 25.2 Å². The molecule has 0 aromatic rings. The van der Waals surface area contributed by atoms with Crippen LogP contribution in [0.2, 0.25) is 0 Å². The molecule has 18 heavy (non-hydrogen) atoms. The molecular formula is C12H21NO5. The summed E-state index contributed by atoms with van der Waals surface area (Å²) in [6, 6.07) is 0. The Morgan fingerprint density at radius 2 is 1.50 bits per heavy atom. The number of hydrogen-bond donors (Lipinski definition) is 2. The third kappa shape index (κ3) is 11.1. The summed E-state index contributed by atoms with van der Waals surface area (Å²) in [6.45, 7) is 2.71. The molecule has 0 atom stereocenters.